The fraction of sp³-hybridized carbons (Fsp3) is 0.913. The normalized spacial score (nSPS) is 35.4. The van der Waals surface area contributed by atoms with Crippen LogP contribution in [0.2, 0.25) is 0 Å². The maximum absolute atomic E-state index is 14.0. The van der Waals surface area contributed by atoms with E-state index in [1.807, 2.05) is 6.92 Å². The van der Waals surface area contributed by atoms with Crippen LogP contribution in [0.5, 0.6) is 0 Å². The lowest BCUT2D eigenvalue weighted by molar-refractivity contribution is -0.253. The van der Waals surface area contributed by atoms with Gasteiger partial charge < -0.3 is 39.8 Å². The molecule has 0 radical (unpaired) electrons. The molecular weight excluding hydrogens is 741 g/mol. The maximum atomic E-state index is 14.0. The Hall–Kier alpha value is -2.60. The molecule has 2 amide bonds. The Bertz CT molecular complexity index is 1520. The van der Waals surface area contributed by atoms with Gasteiger partial charge in [-0.25, -0.2) is 19.2 Å². The lowest BCUT2D eigenvalue weighted by Crippen LogP contribution is -2.67. The van der Waals surface area contributed by atoms with E-state index in [0.29, 0.717) is 32.1 Å². The van der Waals surface area contributed by atoms with Crippen molar-refractivity contribution in [2.24, 2.45) is 45.3 Å². The Balaban J connectivity index is 1.65. The van der Waals surface area contributed by atoms with Crippen LogP contribution in [0.1, 0.15) is 175 Å². The van der Waals surface area contributed by atoms with E-state index in [2.05, 4.69) is 45.3 Å². The summed E-state index contributed by atoms with van der Waals surface area (Å²) in [5.41, 5.74) is -4.33. The molecule has 0 saturated heterocycles. The molecule has 58 heavy (non-hydrogen) atoms. The minimum Gasteiger partial charge on any atom is -0.461 e. The van der Waals surface area contributed by atoms with Crippen LogP contribution in [0.3, 0.4) is 0 Å². The molecule has 0 spiro atoms. The van der Waals surface area contributed by atoms with Crippen LogP contribution >= 0.6 is 0 Å². The van der Waals surface area contributed by atoms with Gasteiger partial charge in [-0.1, -0.05) is 34.6 Å². The van der Waals surface area contributed by atoms with E-state index in [0.717, 1.165) is 32.1 Å². The molecule has 0 bridgehead atoms. The summed E-state index contributed by atoms with van der Waals surface area (Å²) in [5, 5.41) is 28.1. The van der Waals surface area contributed by atoms with Gasteiger partial charge in [0.05, 0.1) is 11.2 Å². The van der Waals surface area contributed by atoms with Gasteiger partial charge in [-0.3, -0.25) is 0 Å². The molecule has 12 heteroatoms. The second-order valence-electron chi connectivity index (χ2n) is 22.9. The van der Waals surface area contributed by atoms with Crippen molar-refractivity contribution in [2.75, 3.05) is 0 Å². The highest BCUT2D eigenvalue weighted by molar-refractivity contribution is 5.81. The molecule has 4 N–H and O–H groups in total. The van der Waals surface area contributed by atoms with E-state index in [-0.39, 0.29) is 46.0 Å². The fourth-order valence-electron chi connectivity index (χ4n) is 12.4. The zero-order valence-electron chi connectivity index (χ0n) is 38.9. The Morgan fingerprint density at radius 2 is 1.17 bits per heavy atom. The summed E-state index contributed by atoms with van der Waals surface area (Å²) in [5.74, 6) is -0.962. The Morgan fingerprint density at radius 1 is 0.672 bits per heavy atom. The van der Waals surface area contributed by atoms with Crippen molar-refractivity contribution in [1.29, 1.82) is 0 Å². The summed E-state index contributed by atoms with van der Waals surface area (Å²) >= 11 is 0. The van der Waals surface area contributed by atoms with Crippen LogP contribution in [-0.2, 0) is 28.5 Å². The van der Waals surface area contributed by atoms with Crippen molar-refractivity contribution < 1.29 is 48.3 Å². The Morgan fingerprint density at radius 3 is 1.67 bits per heavy atom. The minimum atomic E-state index is -1.05. The minimum absolute atomic E-state index is 0.132. The molecule has 4 fully saturated rings. The monoisotopic (exact) mass is 821 g/mol. The lowest BCUT2D eigenvalue weighted by Gasteiger charge is -2.70. The van der Waals surface area contributed by atoms with Gasteiger partial charge in [0, 0.05) is 11.3 Å². The highest BCUT2D eigenvalue weighted by atomic mass is 16.6. The number of carbonyl (C=O) groups is 4. The van der Waals surface area contributed by atoms with Crippen LogP contribution < -0.4 is 10.6 Å². The molecule has 4 saturated carbocycles. The molecule has 0 aromatic heterocycles. The predicted molar refractivity (Wildman–Crippen MR) is 223 cm³/mol. The molecule has 4 aliphatic rings. The third-order valence-corrected chi connectivity index (χ3v) is 15.3. The topological polar surface area (TPSA) is 170 Å². The molecule has 334 valence electrons. The molecular formula is C46H80N2O10. The summed E-state index contributed by atoms with van der Waals surface area (Å²) in [6.45, 7) is 30.9. The number of fused-ring (bicyclic) bond motifs is 5. The fourth-order valence-corrected chi connectivity index (χ4v) is 12.4. The first-order valence-electron chi connectivity index (χ1n) is 22.0. The summed E-state index contributed by atoms with van der Waals surface area (Å²) < 4.78 is 23.7. The average molecular weight is 821 g/mol. The zero-order valence-corrected chi connectivity index (χ0v) is 38.9. The van der Waals surface area contributed by atoms with Gasteiger partial charge in [-0.15, -0.1) is 0 Å². The Kier molecular flexibility index (Phi) is 13.6. The first kappa shape index (κ1) is 48.1. The molecule has 0 aliphatic heterocycles. The lowest BCUT2D eigenvalue weighted by atomic mass is 9.35. The van der Waals surface area contributed by atoms with Crippen molar-refractivity contribution in [3.8, 4) is 0 Å². The largest absolute Gasteiger partial charge is 0.461 e. The molecule has 12 atom stereocenters. The van der Waals surface area contributed by atoms with Gasteiger partial charge in [0.1, 0.15) is 35.5 Å². The van der Waals surface area contributed by atoms with Crippen molar-refractivity contribution in [3.05, 3.63) is 0 Å². The molecule has 0 aromatic carbocycles. The first-order valence-corrected chi connectivity index (χ1v) is 22.0. The average Bonchev–Trinajstić information content (AvgIpc) is 3.41. The second kappa shape index (κ2) is 16.4. The van der Waals surface area contributed by atoms with Gasteiger partial charge in [0.25, 0.3) is 0 Å². The summed E-state index contributed by atoms with van der Waals surface area (Å²) in [6, 6.07) is -1.83. The van der Waals surface area contributed by atoms with Crippen LogP contribution in [-0.4, -0.2) is 81.0 Å². The Labute approximate surface area is 349 Å². The number of ether oxygens (including phenoxy) is 4. The third kappa shape index (κ3) is 10.1. The summed E-state index contributed by atoms with van der Waals surface area (Å²) in [7, 11) is 0. The van der Waals surface area contributed by atoms with E-state index in [4.69, 9.17) is 18.9 Å². The van der Waals surface area contributed by atoms with E-state index in [1.165, 1.54) is 0 Å². The first-order chi connectivity index (χ1) is 26.2. The van der Waals surface area contributed by atoms with E-state index < -0.39 is 70.1 Å². The van der Waals surface area contributed by atoms with Gasteiger partial charge in [0.2, 0.25) is 0 Å². The van der Waals surface area contributed by atoms with Crippen LogP contribution in [0.4, 0.5) is 9.59 Å². The molecule has 12 nitrogen and oxygen atoms in total. The maximum Gasteiger partial charge on any atom is 0.408 e. The number of esters is 2. The van der Waals surface area contributed by atoms with Crippen LogP contribution in [0.15, 0.2) is 0 Å². The highest BCUT2D eigenvalue weighted by Gasteiger charge is 2.72. The van der Waals surface area contributed by atoms with Crippen molar-refractivity contribution in [3.63, 3.8) is 0 Å². The third-order valence-electron chi connectivity index (χ3n) is 15.3. The number of rotatable bonds is 11. The summed E-state index contributed by atoms with van der Waals surface area (Å²) in [4.78, 5) is 52.6. The number of hydrogen-bond acceptors (Lipinski definition) is 10. The van der Waals surface area contributed by atoms with E-state index in [1.54, 1.807) is 69.2 Å². The van der Waals surface area contributed by atoms with E-state index >= 15 is 0 Å². The standard InChI is InChI=1S/C46H80N2O10/c1-27(47-37(51)57-39(3,4)5)35(49)55-30-26-32-43(13)23-20-33(56-36(50)28(2)48-38(52)58-40(6,7)8)42(11,12)31(43)19-25-44(32,14)45(15)24-18-29(34(30)45)46(16,54)22-17-21-41(9,10)53/h27-34,53-54H,17-26H2,1-16H3,(H,47,51)(H,48,52)/t27-,28-,29-,30+,31-,32+,33-,34-,43-,44+,45+,46+/m0/s1. The number of nitrogens with one attached hydrogen (secondary N) is 2. The van der Waals surface area contributed by atoms with Crippen molar-refractivity contribution in [1.82, 2.24) is 10.6 Å². The molecule has 4 aliphatic carbocycles. The molecule has 0 heterocycles. The smallest absolute Gasteiger partial charge is 0.408 e. The SMILES string of the molecule is C[C@H](NC(=O)OC(C)(C)C)C(=O)O[C@H]1CC[C@]2(C)[C@H]3C[C@@H](OC(=O)[C@H](C)NC(=O)OC(C)(C)C)[C@@H]4[C@@H]([C@](C)(O)CCCC(C)(C)O)CC[C@@]4(C)[C@]3(C)CC[C@H]2C1(C)C. The summed E-state index contributed by atoms with van der Waals surface area (Å²) in [6.07, 6.45) is 5.13. The molecule has 4 rings (SSSR count). The highest BCUT2D eigenvalue weighted by Crippen LogP contribution is 2.76. The van der Waals surface area contributed by atoms with E-state index in [9.17, 15) is 29.4 Å². The quantitative estimate of drug-likeness (QED) is 0.117. The van der Waals surface area contributed by atoms with Gasteiger partial charge in [-0.05, 0) is 174 Å². The van der Waals surface area contributed by atoms with Gasteiger partial charge in [-0.2, -0.15) is 0 Å². The van der Waals surface area contributed by atoms with Crippen molar-refractivity contribution >= 4 is 24.1 Å². The predicted octanol–water partition coefficient (Wildman–Crippen LogP) is 8.62. The number of aliphatic hydroxyl groups is 2. The second-order valence-corrected chi connectivity index (χ2v) is 22.9. The molecule has 0 unspecified atom stereocenters. The number of carbonyl (C=O) groups excluding carboxylic acids is 4. The van der Waals surface area contributed by atoms with Gasteiger partial charge in [0.15, 0.2) is 0 Å². The number of amides is 2. The molecule has 0 aromatic rings. The van der Waals surface area contributed by atoms with Crippen LogP contribution in [0.25, 0.3) is 0 Å². The zero-order chi connectivity index (χ0) is 44.2. The van der Waals surface area contributed by atoms with Gasteiger partial charge >= 0.3 is 24.1 Å². The number of alkyl carbamates (subject to hydrolysis) is 2. The van der Waals surface area contributed by atoms with Crippen LogP contribution in [0, 0.1) is 45.3 Å². The van der Waals surface area contributed by atoms with Crippen molar-refractivity contribution in [2.45, 2.75) is 222 Å². The number of hydrogen-bond donors (Lipinski definition) is 4.